The maximum atomic E-state index is 13.2. The number of aromatic hydroxyl groups is 1. The van der Waals surface area contributed by atoms with Gasteiger partial charge in [-0.25, -0.2) is 4.39 Å². The van der Waals surface area contributed by atoms with Crippen molar-refractivity contribution in [1.29, 1.82) is 0 Å². The number of phenols is 1. The van der Waals surface area contributed by atoms with Gasteiger partial charge in [-0.05, 0) is 19.4 Å². The number of phenolic OH excluding ortho intramolecular Hbond substituents is 1. The summed E-state index contributed by atoms with van der Waals surface area (Å²) in [5.41, 5.74) is 5.79. The van der Waals surface area contributed by atoms with Crippen LogP contribution in [-0.2, 0) is 0 Å². The Labute approximate surface area is 110 Å². The van der Waals surface area contributed by atoms with E-state index in [1.807, 2.05) is 0 Å². The van der Waals surface area contributed by atoms with Crippen LogP contribution in [0.5, 0.6) is 5.75 Å². The number of nitrogens with zero attached hydrogens (tertiary/aromatic N) is 1. The van der Waals surface area contributed by atoms with Crippen LogP contribution in [0.2, 0.25) is 0 Å². The van der Waals surface area contributed by atoms with Crippen LogP contribution in [0.25, 0.3) is 0 Å². The molecule has 0 saturated carbocycles. The minimum absolute atomic E-state index is 0. The molecule has 0 aromatic heterocycles. The molecule has 1 aromatic carbocycles. The summed E-state index contributed by atoms with van der Waals surface area (Å²) in [6, 6.07) is 0.935. The third kappa shape index (κ3) is 3.68. The molecule has 0 aliphatic carbocycles. The number of nitrogens with two attached hydrogens (primary N) is 1. The van der Waals surface area contributed by atoms with Gasteiger partial charge in [-0.1, -0.05) is 5.57 Å². The van der Waals surface area contributed by atoms with Gasteiger partial charge in [0.2, 0.25) is 0 Å². The highest BCUT2D eigenvalue weighted by atomic mass is 35.5. The highest BCUT2D eigenvalue weighted by molar-refractivity contribution is 5.85. The minimum Gasteiger partial charge on any atom is -0.502 e. The molecule has 1 aromatic rings. The topological polar surface area (TPSA) is 89.4 Å². The standard InChI is InChI=1S/C11H13FN2O3.ClH/c1-6(2)3-9(13)8-4-7(12)5-10(11(8)15)14(16)17;/h4-5,9,15H,1,3,13H2,2H3;1H/t9-;/m0./s1. The van der Waals surface area contributed by atoms with Crippen molar-refractivity contribution in [3.63, 3.8) is 0 Å². The number of hydrogen-bond acceptors (Lipinski definition) is 4. The van der Waals surface area contributed by atoms with Crippen molar-refractivity contribution in [1.82, 2.24) is 0 Å². The highest BCUT2D eigenvalue weighted by Crippen LogP contribution is 2.35. The molecule has 18 heavy (non-hydrogen) atoms. The Hall–Kier alpha value is -1.66. The third-order valence-electron chi connectivity index (χ3n) is 2.25. The monoisotopic (exact) mass is 276 g/mol. The van der Waals surface area contributed by atoms with Gasteiger partial charge < -0.3 is 10.8 Å². The van der Waals surface area contributed by atoms with Gasteiger partial charge in [0.25, 0.3) is 0 Å². The maximum absolute atomic E-state index is 13.2. The number of halogens is 2. The molecule has 0 saturated heterocycles. The van der Waals surface area contributed by atoms with Crippen LogP contribution in [0.1, 0.15) is 24.9 Å². The molecule has 0 spiro atoms. The lowest BCUT2D eigenvalue weighted by Crippen LogP contribution is -2.11. The Bertz CT molecular complexity index is 480. The summed E-state index contributed by atoms with van der Waals surface area (Å²) in [7, 11) is 0. The lowest BCUT2D eigenvalue weighted by molar-refractivity contribution is -0.386. The fourth-order valence-electron chi connectivity index (χ4n) is 1.51. The molecular formula is C11H14ClFN2O3. The van der Waals surface area contributed by atoms with Crippen molar-refractivity contribution in [2.24, 2.45) is 5.73 Å². The van der Waals surface area contributed by atoms with E-state index in [2.05, 4.69) is 6.58 Å². The normalized spacial score (nSPS) is 11.5. The zero-order chi connectivity index (χ0) is 13.2. The van der Waals surface area contributed by atoms with Gasteiger partial charge in [-0.3, -0.25) is 10.1 Å². The Morgan fingerprint density at radius 1 is 1.67 bits per heavy atom. The SMILES string of the molecule is C=C(C)C[C@H](N)c1cc(F)cc([N+](=O)[O-])c1O.Cl. The minimum atomic E-state index is -0.852. The molecule has 1 rings (SSSR count). The number of benzene rings is 1. The van der Waals surface area contributed by atoms with E-state index in [-0.39, 0.29) is 18.0 Å². The fraction of sp³-hybridized carbons (Fsp3) is 0.273. The van der Waals surface area contributed by atoms with Crippen molar-refractivity contribution >= 4 is 18.1 Å². The van der Waals surface area contributed by atoms with Gasteiger partial charge in [0.15, 0.2) is 5.75 Å². The number of nitro groups is 1. The van der Waals surface area contributed by atoms with Crippen molar-refractivity contribution in [3.8, 4) is 5.75 Å². The second kappa shape index (κ2) is 6.32. The van der Waals surface area contributed by atoms with Gasteiger partial charge >= 0.3 is 5.69 Å². The molecule has 0 radical (unpaired) electrons. The molecular weight excluding hydrogens is 263 g/mol. The van der Waals surface area contributed by atoms with Gasteiger partial charge in [0.1, 0.15) is 5.82 Å². The lowest BCUT2D eigenvalue weighted by Gasteiger charge is -2.13. The first-order valence-electron chi connectivity index (χ1n) is 4.89. The third-order valence-corrected chi connectivity index (χ3v) is 2.25. The Morgan fingerprint density at radius 2 is 2.22 bits per heavy atom. The first-order chi connectivity index (χ1) is 7.82. The van der Waals surface area contributed by atoms with Crippen molar-refractivity contribution in [3.05, 3.63) is 45.8 Å². The predicted octanol–water partition coefficient (Wildman–Crippen LogP) is 2.83. The van der Waals surface area contributed by atoms with Gasteiger partial charge in [0, 0.05) is 11.6 Å². The highest BCUT2D eigenvalue weighted by Gasteiger charge is 2.22. The second-order valence-corrected chi connectivity index (χ2v) is 3.89. The summed E-state index contributed by atoms with van der Waals surface area (Å²) in [4.78, 5) is 9.74. The van der Waals surface area contributed by atoms with E-state index in [4.69, 9.17) is 5.73 Å². The first-order valence-corrected chi connectivity index (χ1v) is 4.89. The van der Waals surface area contributed by atoms with Gasteiger partial charge in [-0.2, -0.15) is 0 Å². The Morgan fingerprint density at radius 3 is 2.67 bits per heavy atom. The first kappa shape index (κ1) is 16.3. The summed E-state index contributed by atoms with van der Waals surface area (Å²) in [5.74, 6) is -1.40. The molecule has 0 aliphatic heterocycles. The van der Waals surface area contributed by atoms with Crippen LogP contribution in [0.3, 0.4) is 0 Å². The molecule has 0 bridgehead atoms. The Kier molecular flexibility index (Phi) is 5.74. The molecule has 0 heterocycles. The second-order valence-electron chi connectivity index (χ2n) is 3.89. The van der Waals surface area contributed by atoms with E-state index in [0.29, 0.717) is 12.5 Å². The quantitative estimate of drug-likeness (QED) is 0.503. The number of nitro benzene ring substituents is 1. The molecule has 5 nitrogen and oxygen atoms in total. The van der Waals surface area contributed by atoms with E-state index >= 15 is 0 Å². The maximum Gasteiger partial charge on any atom is 0.313 e. The van der Waals surface area contributed by atoms with E-state index in [9.17, 15) is 19.6 Å². The smallest absolute Gasteiger partial charge is 0.313 e. The average molecular weight is 277 g/mol. The average Bonchev–Trinajstić information content (AvgIpc) is 2.19. The van der Waals surface area contributed by atoms with Gasteiger partial charge in [-0.15, -0.1) is 19.0 Å². The molecule has 1 atom stereocenters. The van der Waals surface area contributed by atoms with E-state index < -0.39 is 28.2 Å². The summed E-state index contributed by atoms with van der Waals surface area (Å²) in [6.07, 6.45) is 0.314. The molecule has 0 unspecified atom stereocenters. The molecule has 0 amide bonds. The molecule has 7 heteroatoms. The molecule has 0 aliphatic rings. The largest absolute Gasteiger partial charge is 0.502 e. The van der Waals surface area contributed by atoms with Crippen LogP contribution >= 0.6 is 12.4 Å². The van der Waals surface area contributed by atoms with E-state index in [1.54, 1.807) is 6.92 Å². The predicted molar refractivity (Wildman–Crippen MR) is 68.3 cm³/mol. The molecule has 0 fully saturated rings. The van der Waals surface area contributed by atoms with E-state index in [0.717, 1.165) is 11.6 Å². The molecule has 3 N–H and O–H groups in total. The summed E-state index contributed by atoms with van der Waals surface area (Å²) in [5, 5.41) is 20.2. The van der Waals surface area contributed by atoms with Crippen LogP contribution in [-0.4, -0.2) is 10.0 Å². The molecule has 100 valence electrons. The number of hydrogen-bond donors (Lipinski definition) is 2. The van der Waals surface area contributed by atoms with Crippen LogP contribution in [0.15, 0.2) is 24.3 Å². The fourth-order valence-corrected chi connectivity index (χ4v) is 1.51. The van der Waals surface area contributed by atoms with Crippen molar-refractivity contribution in [2.45, 2.75) is 19.4 Å². The van der Waals surface area contributed by atoms with Crippen molar-refractivity contribution in [2.75, 3.05) is 0 Å². The summed E-state index contributed by atoms with van der Waals surface area (Å²) >= 11 is 0. The van der Waals surface area contributed by atoms with Crippen LogP contribution in [0.4, 0.5) is 10.1 Å². The summed E-state index contributed by atoms with van der Waals surface area (Å²) in [6.45, 7) is 5.37. The lowest BCUT2D eigenvalue weighted by atomic mass is 9.99. The number of rotatable bonds is 4. The van der Waals surface area contributed by atoms with Gasteiger partial charge in [0.05, 0.1) is 11.0 Å². The zero-order valence-corrected chi connectivity index (χ0v) is 10.5. The Balaban J connectivity index is 0.00000289. The van der Waals surface area contributed by atoms with Crippen LogP contribution in [0, 0.1) is 15.9 Å². The summed E-state index contributed by atoms with van der Waals surface area (Å²) < 4.78 is 13.2. The van der Waals surface area contributed by atoms with Crippen molar-refractivity contribution < 1.29 is 14.4 Å². The van der Waals surface area contributed by atoms with E-state index in [1.165, 1.54) is 0 Å². The zero-order valence-electron chi connectivity index (χ0n) is 9.72. The van der Waals surface area contributed by atoms with Crippen LogP contribution < -0.4 is 5.73 Å².